The van der Waals surface area contributed by atoms with Crippen LogP contribution in [0.4, 0.5) is 5.69 Å². The maximum Gasteiger partial charge on any atom is 0.238 e. The molecule has 1 atom stereocenters. The maximum absolute atomic E-state index is 11.8. The van der Waals surface area contributed by atoms with Crippen LogP contribution in [0.1, 0.15) is 17.8 Å². The van der Waals surface area contributed by atoms with Crippen molar-refractivity contribution in [2.75, 3.05) is 11.9 Å². The van der Waals surface area contributed by atoms with E-state index in [0.717, 1.165) is 10.2 Å². The Morgan fingerprint density at radius 2 is 2.05 bits per heavy atom. The van der Waals surface area contributed by atoms with Crippen molar-refractivity contribution in [3.8, 4) is 0 Å². The minimum atomic E-state index is -0.0364. The van der Waals surface area contributed by atoms with Gasteiger partial charge in [0.1, 0.15) is 0 Å². The van der Waals surface area contributed by atoms with Gasteiger partial charge in [-0.25, -0.2) is 0 Å². The van der Waals surface area contributed by atoms with Crippen LogP contribution < -0.4 is 10.6 Å². The van der Waals surface area contributed by atoms with E-state index < -0.39 is 0 Å². The van der Waals surface area contributed by atoms with Crippen molar-refractivity contribution in [2.45, 2.75) is 13.0 Å². The van der Waals surface area contributed by atoms with Gasteiger partial charge in [0.25, 0.3) is 0 Å². The van der Waals surface area contributed by atoms with Crippen molar-refractivity contribution in [1.29, 1.82) is 0 Å². The van der Waals surface area contributed by atoms with Crippen molar-refractivity contribution >= 4 is 38.9 Å². The first-order valence-electron chi connectivity index (χ1n) is 5.97. The van der Waals surface area contributed by atoms with Crippen LogP contribution >= 0.6 is 27.3 Å². The summed E-state index contributed by atoms with van der Waals surface area (Å²) in [5.41, 5.74) is 0.804. The predicted octanol–water partition coefficient (Wildman–Crippen LogP) is 3.80. The Kier molecular flexibility index (Phi) is 5.13. The number of benzene rings is 1. The first-order valence-corrected chi connectivity index (χ1v) is 7.64. The Bertz CT molecular complexity index is 525. The lowest BCUT2D eigenvalue weighted by molar-refractivity contribution is -0.115. The third-order valence-corrected chi connectivity index (χ3v) is 4.25. The summed E-state index contributed by atoms with van der Waals surface area (Å²) in [5.74, 6) is -0.0364. The molecule has 0 saturated heterocycles. The minimum absolute atomic E-state index is 0.0364. The first-order chi connectivity index (χ1) is 9.15. The molecule has 0 bridgehead atoms. The Labute approximate surface area is 125 Å². The molecule has 1 aromatic carbocycles. The van der Waals surface area contributed by atoms with E-state index in [9.17, 15) is 4.79 Å². The summed E-state index contributed by atoms with van der Waals surface area (Å²) in [6, 6.07) is 11.8. The number of carbonyl (C=O) groups is 1. The summed E-state index contributed by atoms with van der Waals surface area (Å²) in [4.78, 5) is 13.0. The molecular weight excluding hydrogens is 324 g/mol. The van der Waals surface area contributed by atoms with Gasteiger partial charge in [0, 0.05) is 21.1 Å². The van der Waals surface area contributed by atoms with Crippen LogP contribution in [0.25, 0.3) is 0 Å². The fourth-order valence-electron chi connectivity index (χ4n) is 1.62. The van der Waals surface area contributed by atoms with E-state index in [0.29, 0.717) is 6.54 Å². The van der Waals surface area contributed by atoms with Gasteiger partial charge in [0.05, 0.1) is 6.54 Å². The lowest BCUT2D eigenvalue weighted by Gasteiger charge is -2.12. The lowest BCUT2D eigenvalue weighted by atomic mass is 10.2. The van der Waals surface area contributed by atoms with Gasteiger partial charge in [-0.15, -0.1) is 11.3 Å². The fourth-order valence-corrected chi connectivity index (χ4v) is 2.65. The highest BCUT2D eigenvalue weighted by atomic mass is 79.9. The van der Waals surface area contributed by atoms with Gasteiger partial charge in [-0.05, 0) is 42.6 Å². The summed E-state index contributed by atoms with van der Waals surface area (Å²) in [6.45, 7) is 2.36. The molecule has 3 nitrogen and oxygen atoms in total. The van der Waals surface area contributed by atoms with Crippen LogP contribution in [0.5, 0.6) is 0 Å². The number of rotatable bonds is 5. The van der Waals surface area contributed by atoms with Crippen molar-refractivity contribution < 1.29 is 4.79 Å². The number of amides is 1. The molecular formula is C14H15BrN2OS. The van der Waals surface area contributed by atoms with Gasteiger partial charge >= 0.3 is 0 Å². The van der Waals surface area contributed by atoms with Gasteiger partial charge in [0.2, 0.25) is 5.91 Å². The van der Waals surface area contributed by atoms with Gasteiger partial charge in [0.15, 0.2) is 0 Å². The molecule has 0 saturated carbocycles. The predicted molar refractivity (Wildman–Crippen MR) is 83.5 cm³/mol. The van der Waals surface area contributed by atoms with E-state index in [-0.39, 0.29) is 11.9 Å². The van der Waals surface area contributed by atoms with E-state index in [2.05, 4.69) is 39.6 Å². The van der Waals surface area contributed by atoms with Crippen LogP contribution in [0, 0.1) is 0 Å². The Balaban J connectivity index is 1.80. The highest BCUT2D eigenvalue weighted by Crippen LogP contribution is 2.18. The zero-order chi connectivity index (χ0) is 13.7. The Morgan fingerprint density at radius 3 is 2.68 bits per heavy atom. The monoisotopic (exact) mass is 338 g/mol. The number of hydrogen-bond donors (Lipinski definition) is 2. The van der Waals surface area contributed by atoms with Gasteiger partial charge in [-0.1, -0.05) is 22.0 Å². The van der Waals surface area contributed by atoms with E-state index in [1.54, 1.807) is 11.3 Å². The molecule has 0 radical (unpaired) electrons. The highest BCUT2D eigenvalue weighted by Gasteiger charge is 2.08. The van der Waals surface area contributed by atoms with E-state index in [4.69, 9.17) is 0 Å². The number of hydrogen-bond acceptors (Lipinski definition) is 3. The molecule has 2 N–H and O–H groups in total. The van der Waals surface area contributed by atoms with Crippen LogP contribution in [-0.4, -0.2) is 12.5 Å². The van der Waals surface area contributed by atoms with Crippen LogP contribution in [0.15, 0.2) is 46.3 Å². The molecule has 100 valence electrons. The molecule has 5 heteroatoms. The van der Waals surface area contributed by atoms with Crippen molar-refractivity contribution in [2.24, 2.45) is 0 Å². The van der Waals surface area contributed by atoms with E-state index >= 15 is 0 Å². The average Bonchev–Trinajstić information content (AvgIpc) is 2.93. The summed E-state index contributed by atoms with van der Waals surface area (Å²) in [6.07, 6.45) is 0. The number of thiophene rings is 1. The second kappa shape index (κ2) is 6.84. The Morgan fingerprint density at radius 1 is 1.32 bits per heavy atom. The normalized spacial score (nSPS) is 12.1. The molecule has 19 heavy (non-hydrogen) atoms. The van der Waals surface area contributed by atoms with E-state index in [1.165, 1.54) is 4.88 Å². The maximum atomic E-state index is 11.8. The zero-order valence-corrected chi connectivity index (χ0v) is 12.9. The summed E-state index contributed by atoms with van der Waals surface area (Å²) in [7, 11) is 0. The molecule has 1 heterocycles. The SMILES string of the molecule is C[C@@H](NCC(=O)Nc1ccc(Br)cc1)c1cccs1. The molecule has 1 aromatic heterocycles. The molecule has 0 unspecified atom stereocenters. The zero-order valence-electron chi connectivity index (χ0n) is 10.5. The largest absolute Gasteiger partial charge is 0.325 e. The molecule has 0 aliphatic carbocycles. The standard InChI is InChI=1S/C14H15BrN2OS/c1-10(13-3-2-8-19-13)16-9-14(18)17-12-6-4-11(15)5-7-12/h2-8,10,16H,9H2,1H3,(H,17,18)/t10-/m1/s1. The molecule has 0 aliphatic heterocycles. The topological polar surface area (TPSA) is 41.1 Å². The van der Waals surface area contributed by atoms with Crippen molar-refractivity contribution in [3.63, 3.8) is 0 Å². The molecule has 1 amide bonds. The molecule has 2 aromatic rings. The van der Waals surface area contributed by atoms with Crippen LogP contribution in [0.2, 0.25) is 0 Å². The van der Waals surface area contributed by atoms with Gasteiger partial charge < -0.3 is 10.6 Å². The Hall–Kier alpha value is -1.17. The molecule has 2 rings (SSSR count). The van der Waals surface area contributed by atoms with Crippen LogP contribution in [0.3, 0.4) is 0 Å². The average molecular weight is 339 g/mol. The highest BCUT2D eigenvalue weighted by molar-refractivity contribution is 9.10. The first kappa shape index (κ1) is 14.2. The lowest BCUT2D eigenvalue weighted by Crippen LogP contribution is -2.29. The minimum Gasteiger partial charge on any atom is -0.325 e. The van der Waals surface area contributed by atoms with Crippen molar-refractivity contribution in [1.82, 2.24) is 5.32 Å². The fraction of sp³-hybridized carbons (Fsp3) is 0.214. The summed E-state index contributed by atoms with van der Waals surface area (Å²) >= 11 is 5.05. The van der Waals surface area contributed by atoms with Crippen molar-refractivity contribution in [3.05, 3.63) is 51.1 Å². The molecule has 0 aliphatic rings. The third-order valence-electron chi connectivity index (χ3n) is 2.67. The summed E-state index contributed by atoms with van der Waals surface area (Å²) in [5, 5.41) is 8.09. The number of nitrogens with one attached hydrogen (secondary N) is 2. The van der Waals surface area contributed by atoms with Gasteiger partial charge in [-0.3, -0.25) is 4.79 Å². The number of carbonyl (C=O) groups excluding carboxylic acids is 1. The smallest absolute Gasteiger partial charge is 0.238 e. The third kappa shape index (κ3) is 4.45. The van der Waals surface area contributed by atoms with E-state index in [1.807, 2.05) is 35.7 Å². The quantitative estimate of drug-likeness (QED) is 0.870. The second-order valence-electron chi connectivity index (χ2n) is 4.17. The molecule has 0 fully saturated rings. The van der Waals surface area contributed by atoms with Gasteiger partial charge in [-0.2, -0.15) is 0 Å². The summed E-state index contributed by atoms with van der Waals surface area (Å²) < 4.78 is 0.995. The number of anilines is 1. The molecule has 0 spiro atoms. The number of halogens is 1. The second-order valence-corrected chi connectivity index (χ2v) is 6.07. The van der Waals surface area contributed by atoms with Crippen LogP contribution in [-0.2, 0) is 4.79 Å².